The molecule has 1 aliphatic heterocycles. The normalized spacial score (nSPS) is 19.3. The molecule has 2 heterocycles. The van der Waals surface area contributed by atoms with Gasteiger partial charge in [0.05, 0.1) is 0 Å². The molecule has 106 valence electrons. The molecule has 0 unspecified atom stereocenters. The van der Waals surface area contributed by atoms with Gasteiger partial charge in [-0.2, -0.15) is 11.8 Å². The van der Waals surface area contributed by atoms with Crippen molar-refractivity contribution in [3.05, 3.63) is 17.0 Å². The van der Waals surface area contributed by atoms with Gasteiger partial charge < -0.3 is 4.90 Å². The van der Waals surface area contributed by atoms with Gasteiger partial charge in [-0.1, -0.05) is 32.4 Å². The molecule has 5 heteroatoms. The lowest BCUT2D eigenvalue weighted by molar-refractivity contribution is 0.633. The third kappa shape index (κ3) is 4.25. The zero-order valence-electron chi connectivity index (χ0n) is 11.9. The van der Waals surface area contributed by atoms with Crippen LogP contribution in [0.25, 0.3) is 0 Å². The zero-order valence-corrected chi connectivity index (χ0v) is 13.5. The lowest BCUT2D eigenvalue weighted by atomic mass is 10.1. The highest BCUT2D eigenvalue weighted by Crippen LogP contribution is 2.32. The minimum absolute atomic E-state index is 0.359. The van der Waals surface area contributed by atoms with Crippen molar-refractivity contribution in [1.82, 2.24) is 9.97 Å². The molecule has 0 aliphatic carbocycles. The fourth-order valence-corrected chi connectivity index (χ4v) is 3.49. The zero-order chi connectivity index (χ0) is 13.9. The van der Waals surface area contributed by atoms with Gasteiger partial charge in [0.25, 0.3) is 0 Å². The summed E-state index contributed by atoms with van der Waals surface area (Å²) >= 11 is 8.16. The Morgan fingerprint density at radius 3 is 2.89 bits per heavy atom. The van der Waals surface area contributed by atoms with Crippen LogP contribution in [0.3, 0.4) is 0 Å². The van der Waals surface area contributed by atoms with E-state index in [1.165, 1.54) is 6.42 Å². The van der Waals surface area contributed by atoms with Crippen molar-refractivity contribution in [3.8, 4) is 0 Å². The van der Waals surface area contributed by atoms with Gasteiger partial charge in [0, 0.05) is 36.1 Å². The molecular weight excluding hydrogens is 278 g/mol. The Hall–Kier alpha value is -0.480. The Morgan fingerprint density at radius 1 is 1.37 bits per heavy atom. The number of rotatable bonds is 3. The van der Waals surface area contributed by atoms with E-state index in [4.69, 9.17) is 11.6 Å². The van der Waals surface area contributed by atoms with Crippen LogP contribution >= 0.6 is 23.4 Å². The Morgan fingerprint density at radius 2 is 2.16 bits per heavy atom. The predicted molar refractivity (Wildman–Crippen MR) is 84.4 cm³/mol. The number of aromatic nitrogens is 2. The van der Waals surface area contributed by atoms with Gasteiger partial charge in [-0.3, -0.25) is 0 Å². The molecule has 0 bridgehead atoms. The van der Waals surface area contributed by atoms with Crippen LogP contribution < -0.4 is 4.90 Å². The molecule has 1 aromatic rings. The maximum absolute atomic E-state index is 6.12. The minimum atomic E-state index is 0.359. The Bertz CT molecular complexity index is 437. The molecule has 0 aromatic carbocycles. The highest BCUT2D eigenvalue weighted by molar-refractivity contribution is 8.00. The van der Waals surface area contributed by atoms with Gasteiger partial charge in [0.1, 0.15) is 16.8 Å². The molecular formula is C14H22ClN3S. The Kier molecular flexibility index (Phi) is 4.96. The minimum Gasteiger partial charge on any atom is -0.356 e. The fraction of sp³-hybridized carbons (Fsp3) is 0.714. The Balaban J connectivity index is 2.16. The van der Waals surface area contributed by atoms with Crippen LogP contribution in [0.15, 0.2) is 6.07 Å². The van der Waals surface area contributed by atoms with Crippen molar-refractivity contribution in [3.63, 3.8) is 0 Å². The van der Waals surface area contributed by atoms with E-state index in [0.717, 1.165) is 43.3 Å². The predicted octanol–water partition coefficient (Wildman–Crippen LogP) is 3.80. The third-order valence-electron chi connectivity index (χ3n) is 3.36. The summed E-state index contributed by atoms with van der Waals surface area (Å²) in [4.78, 5) is 11.3. The van der Waals surface area contributed by atoms with E-state index in [1.54, 1.807) is 0 Å². The summed E-state index contributed by atoms with van der Waals surface area (Å²) in [5, 5.41) is 0.560. The second-order valence-electron chi connectivity index (χ2n) is 5.56. The smallest absolute Gasteiger partial charge is 0.134 e. The van der Waals surface area contributed by atoms with Crippen molar-refractivity contribution in [2.24, 2.45) is 0 Å². The van der Waals surface area contributed by atoms with Crippen molar-refractivity contribution >= 4 is 29.2 Å². The quantitative estimate of drug-likeness (QED) is 0.794. The molecule has 0 amide bonds. The van der Waals surface area contributed by atoms with E-state index in [-0.39, 0.29) is 0 Å². The van der Waals surface area contributed by atoms with Crippen molar-refractivity contribution in [2.45, 2.75) is 44.8 Å². The SMILES string of the molecule is CCCc1nc(Cl)cc(N2CCSC(C)(C)CC2)n1. The van der Waals surface area contributed by atoms with Crippen LogP contribution in [0.2, 0.25) is 5.15 Å². The van der Waals surface area contributed by atoms with E-state index in [1.807, 2.05) is 17.8 Å². The van der Waals surface area contributed by atoms with Crippen LogP contribution in [0, 0.1) is 0 Å². The maximum atomic E-state index is 6.12. The van der Waals surface area contributed by atoms with Crippen LogP contribution in [0.4, 0.5) is 5.82 Å². The first-order valence-electron chi connectivity index (χ1n) is 6.92. The van der Waals surface area contributed by atoms with Crippen molar-refractivity contribution < 1.29 is 0 Å². The lowest BCUT2D eigenvalue weighted by Gasteiger charge is -2.23. The summed E-state index contributed by atoms with van der Waals surface area (Å²) in [5.41, 5.74) is 0. The number of thioether (sulfide) groups is 1. The summed E-state index contributed by atoms with van der Waals surface area (Å²) in [5.74, 6) is 2.99. The maximum Gasteiger partial charge on any atom is 0.134 e. The molecule has 1 aliphatic rings. The van der Waals surface area contributed by atoms with E-state index >= 15 is 0 Å². The van der Waals surface area contributed by atoms with Gasteiger partial charge in [-0.05, 0) is 12.8 Å². The number of nitrogens with zero attached hydrogens (tertiary/aromatic N) is 3. The van der Waals surface area contributed by atoms with Gasteiger partial charge in [0.15, 0.2) is 0 Å². The van der Waals surface area contributed by atoms with E-state index in [0.29, 0.717) is 9.90 Å². The van der Waals surface area contributed by atoms with Crippen LogP contribution in [0.1, 0.15) is 39.4 Å². The molecule has 0 N–H and O–H groups in total. The van der Waals surface area contributed by atoms with Crippen molar-refractivity contribution in [1.29, 1.82) is 0 Å². The van der Waals surface area contributed by atoms with E-state index < -0.39 is 0 Å². The first-order valence-corrected chi connectivity index (χ1v) is 8.29. The van der Waals surface area contributed by atoms with Crippen LogP contribution in [0.5, 0.6) is 0 Å². The molecule has 0 atom stereocenters. The number of hydrogen-bond donors (Lipinski definition) is 0. The monoisotopic (exact) mass is 299 g/mol. The molecule has 19 heavy (non-hydrogen) atoms. The van der Waals surface area contributed by atoms with Gasteiger partial charge >= 0.3 is 0 Å². The topological polar surface area (TPSA) is 29.0 Å². The van der Waals surface area contributed by atoms with Crippen LogP contribution in [-0.4, -0.2) is 33.6 Å². The van der Waals surface area contributed by atoms with E-state index in [9.17, 15) is 0 Å². The summed E-state index contributed by atoms with van der Waals surface area (Å²) < 4.78 is 0.359. The molecule has 1 saturated heterocycles. The average Bonchev–Trinajstić information content (AvgIpc) is 2.50. The number of hydrogen-bond acceptors (Lipinski definition) is 4. The Labute approximate surface area is 125 Å². The van der Waals surface area contributed by atoms with Crippen molar-refractivity contribution in [2.75, 3.05) is 23.7 Å². The summed E-state index contributed by atoms with van der Waals surface area (Å²) in [6, 6.07) is 1.89. The molecule has 0 radical (unpaired) electrons. The first kappa shape index (κ1) is 14.9. The standard InChI is InChI=1S/C14H22ClN3S/c1-4-5-12-16-11(15)10-13(17-12)18-7-6-14(2,3)19-9-8-18/h10H,4-9H2,1-3H3. The van der Waals surface area contributed by atoms with Gasteiger partial charge in [-0.25, -0.2) is 9.97 Å². The van der Waals surface area contributed by atoms with E-state index in [2.05, 4.69) is 35.6 Å². The molecule has 0 saturated carbocycles. The second kappa shape index (κ2) is 6.31. The second-order valence-corrected chi connectivity index (χ2v) is 7.75. The molecule has 1 aromatic heterocycles. The lowest BCUT2D eigenvalue weighted by Crippen LogP contribution is -2.28. The number of aryl methyl sites for hydroxylation is 1. The molecule has 3 nitrogen and oxygen atoms in total. The largest absolute Gasteiger partial charge is 0.356 e. The van der Waals surface area contributed by atoms with Gasteiger partial charge in [0.2, 0.25) is 0 Å². The third-order valence-corrected chi connectivity index (χ3v) is 4.93. The van der Waals surface area contributed by atoms with Crippen LogP contribution in [-0.2, 0) is 6.42 Å². The summed E-state index contributed by atoms with van der Waals surface area (Å²) in [6.07, 6.45) is 3.10. The number of anilines is 1. The number of halogens is 1. The van der Waals surface area contributed by atoms with Gasteiger partial charge in [-0.15, -0.1) is 0 Å². The first-order chi connectivity index (χ1) is 9.00. The molecule has 0 spiro atoms. The summed E-state index contributed by atoms with van der Waals surface area (Å²) in [6.45, 7) is 8.84. The fourth-order valence-electron chi connectivity index (χ4n) is 2.20. The molecule has 2 rings (SSSR count). The highest BCUT2D eigenvalue weighted by Gasteiger charge is 2.24. The highest BCUT2D eigenvalue weighted by atomic mass is 35.5. The summed E-state index contributed by atoms with van der Waals surface area (Å²) in [7, 11) is 0. The molecule has 1 fully saturated rings. The average molecular weight is 300 g/mol.